The molecule has 9 aromatic rings. The number of thiophene rings is 1. The molecule has 9 heterocycles. The zero-order chi connectivity index (χ0) is 41.6. The van der Waals surface area contributed by atoms with Crippen molar-refractivity contribution in [3.63, 3.8) is 0 Å². The van der Waals surface area contributed by atoms with E-state index in [4.69, 9.17) is 25.0 Å². The van der Waals surface area contributed by atoms with Crippen molar-refractivity contribution in [3.05, 3.63) is 134 Å². The largest absolute Gasteiger partial charge is 0.337 e. The molecule has 0 saturated carbocycles. The SMILES string of the molecule is C=C(/C=N\NC)c1cnc2c(Nc3cc4cccc(-n5cc(-c6cnc7c(Nc8ccc9ncccc9c8)nc(C8=CCCNC8)cn67)cn5)c4s3)nc(C3=CCCNC3)cn12. The summed E-state index contributed by atoms with van der Waals surface area (Å²) in [5.41, 5.74) is 14.4. The van der Waals surface area contributed by atoms with Crippen LogP contribution in [-0.4, -0.2) is 82.9 Å². The quantitative estimate of drug-likeness (QED) is 0.0637. The van der Waals surface area contributed by atoms with Crippen LogP contribution in [0.5, 0.6) is 0 Å². The van der Waals surface area contributed by atoms with Crippen LogP contribution in [0.4, 0.5) is 22.3 Å². The highest BCUT2D eigenvalue weighted by Gasteiger charge is 2.20. The second-order valence-corrected chi connectivity index (χ2v) is 16.2. The number of imidazole rings is 2. The van der Waals surface area contributed by atoms with Gasteiger partial charge >= 0.3 is 0 Å². The molecule has 2 aliphatic heterocycles. The summed E-state index contributed by atoms with van der Waals surface area (Å²) < 4.78 is 7.17. The number of fused-ring (bicyclic) bond motifs is 4. The summed E-state index contributed by atoms with van der Waals surface area (Å²) in [5.74, 6) is 1.32. The van der Waals surface area contributed by atoms with Gasteiger partial charge in [-0.1, -0.05) is 36.9 Å². The first-order chi connectivity index (χ1) is 30.6. The van der Waals surface area contributed by atoms with E-state index in [2.05, 4.69) is 109 Å². The molecule has 5 N–H and O–H groups in total. The normalized spacial score (nSPS) is 14.5. The zero-order valence-corrected chi connectivity index (χ0v) is 34.6. The highest BCUT2D eigenvalue weighted by molar-refractivity contribution is 7.23. The van der Waals surface area contributed by atoms with Crippen molar-refractivity contribution in [1.82, 2.24) is 59.6 Å². The Bertz CT molecular complexity index is 3290. The van der Waals surface area contributed by atoms with Crippen LogP contribution >= 0.6 is 11.3 Å². The van der Waals surface area contributed by atoms with Gasteiger partial charge in [-0.2, -0.15) is 10.2 Å². The third-order valence-corrected chi connectivity index (χ3v) is 12.2. The Morgan fingerprint density at radius 1 is 0.806 bits per heavy atom. The van der Waals surface area contributed by atoms with Gasteiger partial charge in [0.25, 0.3) is 0 Å². The second kappa shape index (κ2) is 15.8. The Kier molecular flexibility index (Phi) is 9.56. The molecular formula is C46H41N15S. The third-order valence-electron chi connectivity index (χ3n) is 11.1. The first-order valence-electron chi connectivity index (χ1n) is 20.5. The Balaban J connectivity index is 0.946. The number of rotatable bonds is 11. The summed E-state index contributed by atoms with van der Waals surface area (Å²) in [4.78, 5) is 24.4. The monoisotopic (exact) mass is 835 g/mol. The summed E-state index contributed by atoms with van der Waals surface area (Å²) in [6.45, 7) is 7.64. The molecule has 2 aliphatic rings. The first-order valence-corrected chi connectivity index (χ1v) is 21.3. The molecule has 16 heteroatoms. The van der Waals surface area contributed by atoms with Gasteiger partial charge in [-0.05, 0) is 78.9 Å². The minimum atomic E-state index is 0.654. The summed E-state index contributed by atoms with van der Waals surface area (Å²) in [6, 6.07) is 18.6. The fraction of sp³-hybridized carbons (Fsp3) is 0.152. The molecular weight excluding hydrogens is 795 g/mol. The van der Waals surface area contributed by atoms with E-state index >= 15 is 0 Å². The van der Waals surface area contributed by atoms with E-state index in [0.29, 0.717) is 22.9 Å². The highest BCUT2D eigenvalue weighted by Crippen LogP contribution is 2.37. The van der Waals surface area contributed by atoms with E-state index in [1.54, 1.807) is 24.6 Å². The molecule has 62 heavy (non-hydrogen) atoms. The Morgan fingerprint density at radius 2 is 1.56 bits per heavy atom. The molecule has 0 unspecified atom stereocenters. The number of allylic oxidation sites excluding steroid dienone is 1. The molecule has 0 aliphatic carbocycles. The van der Waals surface area contributed by atoms with E-state index in [1.807, 2.05) is 58.3 Å². The molecule has 306 valence electrons. The fourth-order valence-electron chi connectivity index (χ4n) is 8.07. The van der Waals surface area contributed by atoms with E-state index in [0.717, 1.165) is 121 Å². The van der Waals surface area contributed by atoms with Crippen molar-refractivity contribution in [1.29, 1.82) is 0 Å². The van der Waals surface area contributed by atoms with Crippen molar-refractivity contribution in [2.45, 2.75) is 12.8 Å². The maximum atomic E-state index is 5.12. The lowest BCUT2D eigenvalue weighted by Gasteiger charge is -2.16. The van der Waals surface area contributed by atoms with Crippen LogP contribution in [0.1, 0.15) is 29.9 Å². The van der Waals surface area contributed by atoms with Gasteiger partial charge < -0.3 is 26.7 Å². The molecule has 0 atom stereocenters. The van der Waals surface area contributed by atoms with Crippen LogP contribution in [0, 0.1) is 0 Å². The van der Waals surface area contributed by atoms with Crippen molar-refractivity contribution in [3.8, 4) is 16.9 Å². The standard InChI is InChI=1S/C46H41N15S/c1-28(19-53-47-2)39-23-51-46-44(57-36(26-59(39)46)31-9-4-14-48-20-31)58-41-18-30-7-3-11-38(42(30)62-41)61-25-33(22-54-61)40-24-52-45-43(55-34-12-13-35-29(17-34)8-6-16-50-35)56-37(27-60(40)45)32-10-5-15-49-21-32/h3,6-13,16-19,22-27,47-49H,1,4-5,14-15,20-21H2,2H3,(H,55,56)(H,57,58)/b53-19-. The number of hydrogen-bond donors (Lipinski definition) is 5. The van der Waals surface area contributed by atoms with E-state index in [9.17, 15) is 0 Å². The number of nitrogens with zero attached hydrogens (tertiary/aromatic N) is 10. The average molecular weight is 836 g/mol. The maximum absolute atomic E-state index is 5.12. The Hall–Kier alpha value is -7.53. The summed E-state index contributed by atoms with van der Waals surface area (Å²) in [7, 11) is 1.76. The van der Waals surface area contributed by atoms with Gasteiger partial charge in [-0.3, -0.25) is 13.8 Å². The van der Waals surface area contributed by atoms with Gasteiger partial charge in [0.15, 0.2) is 22.9 Å². The Morgan fingerprint density at radius 3 is 2.35 bits per heavy atom. The molecule has 0 radical (unpaired) electrons. The topological polar surface area (TPSA) is 164 Å². The number of pyridine rings is 1. The van der Waals surface area contributed by atoms with Gasteiger partial charge in [0, 0.05) is 67.1 Å². The molecule has 0 bridgehead atoms. The molecule has 2 aromatic carbocycles. The summed E-state index contributed by atoms with van der Waals surface area (Å²) in [5, 5.41) is 26.3. The number of nitrogens with one attached hydrogen (secondary N) is 5. The number of benzene rings is 2. The van der Waals surface area contributed by atoms with E-state index in [1.165, 1.54) is 0 Å². The fourth-order valence-corrected chi connectivity index (χ4v) is 9.14. The number of aromatic nitrogens is 9. The summed E-state index contributed by atoms with van der Waals surface area (Å²) in [6.07, 6.45) is 21.7. The minimum Gasteiger partial charge on any atom is -0.337 e. The summed E-state index contributed by atoms with van der Waals surface area (Å²) >= 11 is 1.65. The van der Waals surface area contributed by atoms with Crippen LogP contribution in [0.15, 0.2) is 122 Å². The lowest BCUT2D eigenvalue weighted by atomic mass is 10.1. The smallest absolute Gasteiger partial charge is 0.181 e. The highest BCUT2D eigenvalue weighted by atomic mass is 32.1. The van der Waals surface area contributed by atoms with Gasteiger partial charge in [0.05, 0.1) is 68.5 Å². The van der Waals surface area contributed by atoms with Crippen molar-refractivity contribution < 1.29 is 0 Å². The molecule has 0 fully saturated rings. The van der Waals surface area contributed by atoms with Crippen molar-refractivity contribution in [2.75, 3.05) is 43.9 Å². The van der Waals surface area contributed by atoms with Crippen LogP contribution in [0.3, 0.4) is 0 Å². The van der Waals surface area contributed by atoms with Gasteiger partial charge in [0.2, 0.25) is 0 Å². The molecule has 7 aromatic heterocycles. The lowest BCUT2D eigenvalue weighted by molar-refractivity contribution is 0.736. The molecule has 11 rings (SSSR count). The predicted octanol–water partition coefficient (Wildman–Crippen LogP) is 7.85. The number of hydrazone groups is 1. The molecule has 0 saturated heterocycles. The average Bonchev–Trinajstić information content (AvgIpc) is 4.14. The van der Waals surface area contributed by atoms with Gasteiger partial charge in [-0.15, -0.1) is 11.3 Å². The number of hydrogen-bond acceptors (Lipinski definition) is 13. The van der Waals surface area contributed by atoms with Crippen molar-refractivity contribution >= 4 is 88.9 Å². The van der Waals surface area contributed by atoms with E-state index in [-0.39, 0.29) is 0 Å². The van der Waals surface area contributed by atoms with Gasteiger partial charge in [0.1, 0.15) is 0 Å². The molecule has 0 spiro atoms. The molecule has 0 amide bonds. The third kappa shape index (κ3) is 6.95. The Labute approximate surface area is 359 Å². The predicted molar refractivity (Wildman–Crippen MR) is 250 cm³/mol. The number of anilines is 4. The lowest BCUT2D eigenvalue weighted by Crippen LogP contribution is -2.22. The zero-order valence-electron chi connectivity index (χ0n) is 33.8. The van der Waals surface area contributed by atoms with Crippen LogP contribution in [-0.2, 0) is 0 Å². The first kappa shape index (κ1) is 37.5. The van der Waals surface area contributed by atoms with Crippen LogP contribution < -0.4 is 26.7 Å². The van der Waals surface area contributed by atoms with Crippen LogP contribution in [0.2, 0.25) is 0 Å². The van der Waals surface area contributed by atoms with Crippen LogP contribution in [0.25, 0.3) is 65.9 Å². The van der Waals surface area contributed by atoms with Gasteiger partial charge in [-0.25, -0.2) is 24.6 Å². The second-order valence-electron chi connectivity index (χ2n) is 15.2. The maximum Gasteiger partial charge on any atom is 0.181 e. The minimum absolute atomic E-state index is 0.654. The van der Waals surface area contributed by atoms with Crippen molar-refractivity contribution in [2.24, 2.45) is 5.10 Å². The molecule has 15 nitrogen and oxygen atoms in total. The van der Waals surface area contributed by atoms with E-state index < -0.39 is 0 Å².